The topological polar surface area (TPSA) is 84.9 Å². The second kappa shape index (κ2) is 9.80. The molecular weight excluding hydrogens is 416 g/mol. The van der Waals surface area contributed by atoms with Gasteiger partial charge in [-0.05, 0) is 49.6 Å². The van der Waals surface area contributed by atoms with Crippen molar-refractivity contribution in [2.75, 3.05) is 33.4 Å². The largest absolute Gasteiger partial charge is 0.495 e. The summed E-state index contributed by atoms with van der Waals surface area (Å²) in [6.07, 6.45) is 0.0742. The van der Waals surface area contributed by atoms with Crippen molar-refractivity contribution in [3.63, 3.8) is 0 Å². The first kappa shape index (κ1) is 23.2. The quantitative estimate of drug-likeness (QED) is 0.707. The van der Waals surface area contributed by atoms with E-state index in [1.807, 2.05) is 32.9 Å². The van der Waals surface area contributed by atoms with Gasteiger partial charge in [0.1, 0.15) is 10.6 Å². The molecular formula is C23H30N2O5S. The molecule has 1 atom stereocenters. The molecule has 0 saturated carbocycles. The molecule has 1 heterocycles. The van der Waals surface area contributed by atoms with Gasteiger partial charge < -0.3 is 14.8 Å². The molecule has 2 aromatic carbocycles. The summed E-state index contributed by atoms with van der Waals surface area (Å²) in [6, 6.07) is 10.9. The number of methoxy groups -OCH3 is 1. The first-order valence-electron chi connectivity index (χ1n) is 10.3. The maximum Gasteiger partial charge on any atom is 0.246 e. The van der Waals surface area contributed by atoms with Crippen LogP contribution < -0.4 is 10.1 Å². The van der Waals surface area contributed by atoms with Gasteiger partial charge in [-0.1, -0.05) is 29.8 Å². The van der Waals surface area contributed by atoms with E-state index in [4.69, 9.17) is 9.47 Å². The van der Waals surface area contributed by atoms with Crippen LogP contribution in [-0.2, 0) is 26.0 Å². The van der Waals surface area contributed by atoms with E-state index in [0.717, 1.165) is 16.7 Å². The Morgan fingerprint density at radius 2 is 1.87 bits per heavy atom. The molecule has 0 aliphatic carbocycles. The number of sulfonamides is 1. The zero-order chi connectivity index (χ0) is 22.6. The number of nitrogens with zero attached hydrogens (tertiary/aromatic N) is 1. The number of aryl methyl sites for hydroxylation is 2. The summed E-state index contributed by atoms with van der Waals surface area (Å²) < 4.78 is 38.2. The Balaban J connectivity index is 1.78. The maximum absolute atomic E-state index is 13.1. The van der Waals surface area contributed by atoms with Gasteiger partial charge in [0.15, 0.2) is 0 Å². The van der Waals surface area contributed by atoms with Crippen molar-refractivity contribution in [2.45, 2.75) is 38.1 Å². The number of carbonyl (C=O) groups is 1. The van der Waals surface area contributed by atoms with Gasteiger partial charge in [0.05, 0.1) is 32.8 Å². The standard InChI is InChI=1S/C23H30N2O5S/c1-16-5-6-17(2)20(13-16)18(3)24-23(26)15-19-7-8-21(29-4)22(14-19)31(27,28)25-9-11-30-12-10-25/h5-8,13-14,18H,9-12,15H2,1-4H3,(H,24,26). The molecule has 1 aliphatic heterocycles. The lowest BCUT2D eigenvalue weighted by molar-refractivity contribution is -0.121. The summed E-state index contributed by atoms with van der Waals surface area (Å²) in [7, 11) is -2.31. The Hall–Kier alpha value is -2.42. The van der Waals surface area contributed by atoms with Crippen LogP contribution in [-0.4, -0.2) is 52.0 Å². The molecule has 0 bridgehead atoms. The highest BCUT2D eigenvalue weighted by Crippen LogP contribution is 2.29. The normalized spacial score (nSPS) is 16.0. The van der Waals surface area contributed by atoms with E-state index in [-0.39, 0.29) is 29.0 Å². The van der Waals surface area contributed by atoms with Crippen LogP contribution >= 0.6 is 0 Å². The lowest BCUT2D eigenvalue weighted by Crippen LogP contribution is -2.40. The number of hydrogen-bond acceptors (Lipinski definition) is 5. The molecule has 1 fully saturated rings. The second-order valence-electron chi connectivity index (χ2n) is 7.83. The number of morpholine rings is 1. The van der Waals surface area contributed by atoms with Crippen molar-refractivity contribution in [3.05, 3.63) is 58.7 Å². The molecule has 0 spiro atoms. The van der Waals surface area contributed by atoms with Gasteiger partial charge in [-0.15, -0.1) is 0 Å². The van der Waals surface area contributed by atoms with E-state index in [0.29, 0.717) is 31.9 Å². The number of ether oxygens (including phenoxy) is 2. The molecule has 1 unspecified atom stereocenters. The number of carbonyl (C=O) groups excluding carboxylic acids is 1. The van der Waals surface area contributed by atoms with E-state index < -0.39 is 10.0 Å². The van der Waals surface area contributed by atoms with Crippen molar-refractivity contribution in [1.29, 1.82) is 0 Å². The molecule has 1 saturated heterocycles. The third kappa shape index (κ3) is 5.44. The van der Waals surface area contributed by atoms with Crippen molar-refractivity contribution in [2.24, 2.45) is 0 Å². The first-order valence-corrected chi connectivity index (χ1v) is 11.8. The zero-order valence-electron chi connectivity index (χ0n) is 18.5. The van der Waals surface area contributed by atoms with E-state index in [1.165, 1.54) is 17.5 Å². The summed E-state index contributed by atoms with van der Waals surface area (Å²) in [5.41, 5.74) is 3.92. The van der Waals surface area contributed by atoms with Gasteiger partial charge in [0.25, 0.3) is 0 Å². The van der Waals surface area contributed by atoms with Gasteiger partial charge in [0.2, 0.25) is 15.9 Å². The average Bonchev–Trinajstić information content (AvgIpc) is 2.75. The van der Waals surface area contributed by atoms with Gasteiger partial charge >= 0.3 is 0 Å². The smallest absolute Gasteiger partial charge is 0.246 e. The summed E-state index contributed by atoms with van der Waals surface area (Å²) in [4.78, 5) is 12.8. The lowest BCUT2D eigenvalue weighted by atomic mass is 10.00. The van der Waals surface area contributed by atoms with Crippen molar-refractivity contribution in [1.82, 2.24) is 9.62 Å². The maximum atomic E-state index is 13.1. The van der Waals surface area contributed by atoms with Crippen LogP contribution in [0.5, 0.6) is 5.75 Å². The van der Waals surface area contributed by atoms with Crippen molar-refractivity contribution < 1.29 is 22.7 Å². The summed E-state index contributed by atoms with van der Waals surface area (Å²) >= 11 is 0. The SMILES string of the molecule is COc1ccc(CC(=O)NC(C)c2cc(C)ccc2C)cc1S(=O)(=O)N1CCOCC1. The Kier molecular flexibility index (Phi) is 7.35. The average molecular weight is 447 g/mol. The van der Waals surface area contributed by atoms with Crippen molar-refractivity contribution in [3.8, 4) is 5.75 Å². The molecule has 1 amide bonds. The van der Waals surface area contributed by atoms with Gasteiger partial charge in [0, 0.05) is 13.1 Å². The predicted octanol–water partition coefficient (Wildman–Crippen LogP) is 2.75. The Bertz CT molecular complexity index is 1050. The molecule has 8 heteroatoms. The summed E-state index contributed by atoms with van der Waals surface area (Å²) in [5.74, 6) is 0.0905. The van der Waals surface area contributed by atoms with Crippen LogP contribution in [0.2, 0.25) is 0 Å². The van der Waals surface area contributed by atoms with Gasteiger partial charge in [-0.2, -0.15) is 4.31 Å². The van der Waals surface area contributed by atoms with Crippen LogP contribution in [0.1, 0.15) is 35.2 Å². The number of amides is 1. The number of benzene rings is 2. The fourth-order valence-corrected chi connectivity index (χ4v) is 5.35. The minimum absolute atomic E-state index is 0.0739. The van der Waals surface area contributed by atoms with Crippen LogP contribution in [0.3, 0.4) is 0 Å². The number of rotatable bonds is 7. The molecule has 0 aromatic heterocycles. The van der Waals surface area contributed by atoms with Gasteiger partial charge in [-0.25, -0.2) is 8.42 Å². The third-order valence-corrected chi connectivity index (χ3v) is 7.38. The molecule has 31 heavy (non-hydrogen) atoms. The Morgan fingerprint density at radius 3 is 2.55 bits per heavy atom. The lowest BCUT2D eigenvalue weighted by Gasteiger charge is -2.26. The minimum atomic E-state index is -3.74. The van der Waals surface area contributed by atoms with E-state index in [9.17, 15) is 13.2 Å². The highest BCUT2D eigenvalue weighted by molar-refractivity contribution is 7.89. The molecule has 2 aromatic rings. The van der Waals surface area contributed by atoms with Crippen LogP contribution in [0.4, 0.5) is 0 Å². The van der Waals surface area contributed by atoms with Crippen LogP contribution in [0, 0.1) is 13.8 Å². The highest BCUT2D eigenvalue weighted by Gasteiger charge is 2.29. The molecule has 3 rings (SSSR count). The molecule has 1 aliphatic rings. The first-order chi connectivity index (χ1) is 14.7. The second-order valence-corrected chi connectivity index (χ2v) is 9.73. The molecule has 1 N–H and O–H groups in total. The number of nitrogens with one attached hydrogen (secondary N) is 1. The molecule has 168 valence electrons. The summed E-state index contributed by atoms with van der Waals surface area (Å²) in [6.45, 7) is 7.30. The minimum Gasteiger partial charge on any atom is -0.495 e. The third-order valence-electron chi connectivity index (χ3n) is 5.46. The van der Waals surface area contributed by atoms with E-state index in [2.05, 4.69) is 11.4 Å². The monoisotopic (exact) mass is 446 g/mol. The Labute approximate surface area is 184 Å². The molecule has 0 radical (unpaired) electrons. The highest BCUT2D eigenvalue weighted by atomic mass is 32.2. The van der Waals surface area contributed by atoms with Crippen LogP contribution in [0.15, 0.2) is 41.3 Å². The van der Waals surface area contributed by atoms with E-state index >= 15 is 0 Å². The Morgan fingerprint density at radius 1 is 1.16 bits per heavy atom. The predicted molar refractivity (Wildman–Crippen MR) is 119 cm³/mol. The zero-order valence-corrected chi connectivity index (χ0v) is 19.3. The van der Waals surface area contributed by atoms with Gasteiger partial charge in [-0.3, -0.25) is 4.79 Å². The molecule has 7 nitrogen and oxygen atoms in total. The van der Waals surface area contributed by atoms with Crippen LogP contribution in [0.25, 0.3) is 0 Å². The fourth-order valence-electron chi connectivity index (χ4n) is 3.74. The van der Waals surface area contributed by atoms with Crippen molar-refractivity contribution >= 4 is 15.9 Å². The van der Waals surface area contributed by atoms with E-state index in [1.54, 1.807) is 12.1 Å². The number of hydrogen-bond donors (Lipinski definition) is 1. The fraction of sp³-hybridized carbons (Fsp3) is 0.435. The summed E-state index contributed by atoms with van der Waals surface area (Å²) in [5, 5.41) is 3.02.